The van der Waals surface area contributed by atoms with Crippen LogP contribution in [-0.4, -0.2) is 117 Å². The lowest BCUT2D eigenvalue weighted by Crippen LogP contribution is -2.60. The zero-order chi connectivity index (χ0) is 43.6. The first-order chi connectivity index (χ1) is 26.5. The van der Waals surface area contributed by atoms with Crippen molar-refractivity contribution in [2.75, 3.05) is 0 Å². The molecule has 0 aliphatic rings. The predicted octanol–water partition coefficient (Wildman–Crippen LogP) is -7.37. The molecule has 0 unspecified atom stereocenters. The molecule has 0 radical (unpaired) electrons. The molecule has 11 amide bonds. The molecule has 57 heavy (non-hydrogen) atoms. The maximum atomic E-state index is 13.5. The Morgan fingerprint density at radius 1 is 0.579 bits per heavy atom. The molecule has 1 heterocycles. The highest BCUT2D eigenvalue weighted by Crippen LogP contribution is 2.08. The number of H-pyrrole nitrogens is 1. The van der Waals surface area contributed by atoms with Crippen LogP contribution in [0, 0.1) is 5.92 Å². The monoisotopic (exact) mass is 808 g/mol. The number of hydrogen-bond acceptors (Lipinski definition) is 13. The standard InChI is InChI=1S/C32H52N14O11/c1-13(2)25(46-29(54)18(5-7-22(35)48)43-28(53)16(33)9-23(36)49)32(57)41-14(3)27(52)44-20(10-24(37)50)31(56)45-19(8-15-11-39-12-40-15)30(55)42-17(26(38)51)4-6-21(34)47/h11-14,16-20,25H,4-10,33H2,1-3H3,(H2,34,47)(H2,35,48)(H2,36,49)(H2,37,50)(H2,38,51)(H,39,40)(H,41,57)(H,42,55)(H,43,53)(H,44,52)(H,45,56)(H,46,54)/t14-,16-,17-,18-,19-,20-,25-/m0/s1. The van der Waals surface area contributed by atoms with Gasteiger partial charge >= 0.3 is 0 Å². The van der Waals surface area contributed by atoms with Crippen LogP contribution in [0.4, 0.5) is 0 Å². The molecular formula is C32H52N14O11. The third-order valence-electron chi connectivity index (χ3n) is 8.06. The highest BCUT2D eigenvalue weighted by atomic mass is 16.2. The van der Waals surface area contributed by atoms with Gasteiger partial charge in [-0.2, -0.15) is 0 Å². The first-order valence-electron chi connectivity index (χ1n) is 17.5. The zero-order valence-corrected chi connectivity index (χ0v) is 31.6. The zero-order valence-electron chi connectivity index (χ0n) is 31.6. The molecule has 19 N–H and O–H groups in total. The molecule has 25 heteroatoms. The molecule has 316 valence electrons. The van der Waals surface area contributed by atoms with E-state index in [-0.39, 0.29) is 32.1 Å². The lowest BCUT2D eigenvalue weighted by Gasteiger charge is -2.27. The van der Waals surface area contributed by atoms with E-state index >= 15 is 0 Å². The molecule has 0 aliphatic carbocycles. The van der Waals surface area contributed by atoms with Gasteiger partial charge in [-0.15, -0.1) is 0 Å². The first kappa shape index (κ1) is 48.4. The Morgan fingerprint density at radius 2 is 1.07 bits per heavy atom. The number of aromatic amines is 1. The smallest absolute Gasteiger partial charge is 0.243 e. The van der Waals surface area contributed by atoms with Crippen LogP contribution in [0.15, 0.2) is 12.5 Å². The maximum absolute atomic E-state index is 13.5. The lowest BCUT2D eigenvalue weighted by atomic mass is 10.0. The number of nitrogens with zero attached hydrogens (tertiary/aromatic N) is 1. The summed E-state index contributed by atoms with van der Waals surface area (Å²) in [5, 5.41) is 14.1. The van der Waals surface area contributed by atoms with Crippen LogP contribution in [-0.2, 0) is 59.2 Å². The minimum atomic E-state index is -1.70. The second kappa shape index (κ2) is 23.3. The normalized spacial score (nSPS) is 14.5. The third-order valence-corrected chi connectivity index (χ3v) is 8.06. The van der Waals surface area contributed by atoms with E-state index in [2.05, 4.69) is 41.9 Å². The van der Waals surface area contributed by atoms with E-state index in [1.807, 2.05) is 0 Å². The van der Waals surface area contributed by atoms with Crippen molar-refractivity contribution in [2.24, 2.45) is 40.3 Å². The Labute approximate surface area is 326 Å². The Balaban J connectivity index is 3.17. The molecule has 1 rings (SSSR count). The maximum Gasteiger partial charge on any atom is 0.243 e. The number of nitrogens with one attached hydrogen (secondary N) is 7. The summed E-state index contributed by atoms with van der Waals surface area (Å²) in [6.45, 7) is 4.30. The van der Waals surface area contributed by atoms with Gasteiger partial charge in [0.25, 0.3) is 0 Å². The molecule has 0 spiro atoms. The fourth-order valence-corrected chi connectivity index (χ4v) is 4.95. The minimum Gasteiger partial charge on any atom is -0.370 e. The average molecular weight is 809 g/mol. The number of rotatable bonds is 26. The van der Waals surface area contributed by atoms with Gasteiger partial charge in [0.1, 0.15) is 36.3 Å². The number of carbonyl (C=O) groups excluding carboxylic acids is 11. The van der Waals surface area contributed by atoms with E-state index in [9.17, 15) is 52.7 Å². The van der Waals surface area contributed by atoms with Crippen molar-refractivity contribution in [2.45, 2.75) is 108 Å². The molecule has 25 nitrogen and oxygen atoms in total. The number of amides is 11. The highest BCUT2D eigenvalue weighted by molar-refractivity contribution is 5.98. The van der Waals surface area contributed by atoms with Gasteiger partial charge in [0.05, 0.1) is 25.2 Å². The molecular weight excluding hydrogens is 756 g/mol. The van der Waals surface area contributed by atoms with Crippen molar-refractivity contribution in [3.8, 4) is 0 Å². The molecule has 0 saturated carbocycles. The van der Waals surface area contributed by atoms with E-state index in [0.717, 1.165) is 0 Å². The van der Waals surface area contributed by atoms with Gasteiger partial charge < -0.3 is 71.3 Å². The molecule has 0 aromatic carbocycles. The van der Waals surface area contributed by atoms with E-state index in [1.54, 1.807) is 13.8 Å². The minimum absolute atomic E-state index is 0.238. The second-order valence-corrected chi connectivity index (χ2v) is 13.3. The van der Waals surface area contributed by atoms with E-state index in [1.165, 1.54) is 19.4 Å². The van der Waals surface area contributed by atoms with Crippen LogP contribution in [0.2, 0.25) is 0 Å². The summed E-state index contributed by atoms with van der Waals surface area (Å²) in [7, 11) is 0. The van der Waals surface area contributed by atoms with Gasteiger partial charge in [-0.3, -0.25) is 52.7 Å². The topological polar surface area (TPSA) is 445 Å². The Morgan fingerprint density at radius 3 is 1.56 bits per heavy atom. The van der Waals surface area contributed by atoms with Crippen molar-refractivity contribution in [3.05, 3.63) is 18.2 Å². The van der Waals surface area contributed by atoms with Crippen molar-refractivity contribution >= 4 is 65.0 Å². The summed E-state index contributed by atoms with van der Waals surface area (Å²) >= 11 is 0. The Kier molecular flexibility index (Phi) is 19.8. The van der Waals surface area contributed by atoms with Crippen molar-refractivity contribution in [1.29, 1.82) is 0 Å². The van der Waals surface area contributed by atoms with E-state index < -0.39 is 126 Å². The summed E-state index contributed by atoms with van der Waals surface area (Å²) < 4.78 is 0. The van der Waals surface area contributed by atoms with Gasteiger partial charge in [0.2, 0.25) is 65.0 Å². The van der Waals surface area contributed by atoms with Crippen molar-refractivity contribution in [3.63, 3.8) is 0 Å². The molecule has 0 fully saturated rings. The molecule has 0 saturated heterocycles. The second-order valence-electron chi connectivity index (χ2n) is 13.3. The van der Waals surface area contributed by atoms with Crippen molar-refractivity contribution in [1.82, 2.24) is 41.9 Å². The third kappa shape index (κ3) is 18.0. The van der Waals surface area contributed by atoms with Crippen LogP contribution < -0.4 is 66.3 Å². The quantitative estimate of drug-likeness (QED) is 0.0414. The summed E-state index contributed by atoms with van der Waals surface area (Å²) in [6, 6.07) is -10.2. The highest BCUT2D eigenvalue weighted by Gasteiger charge is 2.34. The molecule has 7 atom stereocenters. The largest absolute Gasteiger partial charge is 0.370 e. The number of aromatic nitrogens is 2. The predicted molar refractivity (Wildman–Crippen MR) is 196 cm³/mol. The molecule has 0 aliphatic heterocycles. The van der Waals surface area contributed by atoms with Crippen LogP contribution in [0.25, 0.3) is 0 Å². The Bertz CT molecular complexity index is 1650. The fraction of sp³-hybridized carbons (Fsp3) is 0.562. The van der Waals surface area contributed by atoms with Crippen LogP contribution in [0.5, 0.6) is 0 Å². The first-order valence-corrected chi connectivity index (χ1v) is 17.5. The molecule has 1 aromatic rings. The van der Waals surface area contributed by atoms with Crippen LogP contribution in [0.3, 0.4) is 0 Å². The van der Waals surface area contributed by atoms with E-state index in [4.69, 9.17) is 34.4 Å². The summed E-state index contributed by atoms with van der Waals surface area (Å²) in [5.41, 5.74) is 32.1. The fourth-order valence-electron chi connectivity index (χ4n) is 4.95. The molecule has 1 aromatic heterocycles. The van der Waals surface area contributed by atoms with Crippen LogP contribution in [0.1, 0.15) is 65.0 Å². The number of hydrogen-bond donors (Lipinski definition) is 13. The number of primary amides is 5. The van der Waals surface area contributed by atoms with Crippen molar-refractivity contribution < 1.29 is 52.7 Å². The number of nitrogens with two attached hydrogens (primary N) is 6. The summed E-state index contributed by atoms with van der Waals surface area (Å²) in [6.07, 6.45) is -0.152. The average Bonchev–Trinajstić information content (AvgIpc) is 3.61. The summed E-state index contributed by atoms with van der Waals surface area (Å²) in [4.78, 5) is 143. The lowest BCUT2D eigenvalue weighted by molar-refractivity contribution is -0.136. The summed E-state index contributed by atoms with van der Waals surface area (Å²) in [5.74, 6) is -11.0. The van der Waals surface area contributed by atoms with Gasteiger partial charge in [-0.1, -0.05) is 13.8 Å². The van der Waals surface area contributed by atoms with E-state index in [0.29, 0.717) is 5.69 Å². The Hall–Kier alpha value is -6.66. The number of imidazole rings is 1. The SMILES string of the molecule is CC(C)[C@H](NC(=O)[C@H](CCC(N)=O)NC(=O)[C@@H](N)CC(N)=O)C(=O)N[C@@H](C)C(=O)N[C@@H](CC(N)=O)C(=O)N[C@@H](Cc1cnc[nH]1)C(=O)N[C@@H](CCC(N)=O)C(N)=O. The van der Waals surface area contributed by atoms with Gasteiger partial charge in [0, 0.05) is 31.2 Å². The van der Waals surface area contributed by atoms with Gasteiger partial charge in [0.15, 0.2) is 0 Å². The van der Waals surface area contributed by atoms with Gasteiger partial charge in [-0.25, -0.2) is 4.98 Å². The number of carbonyl (C=O) groups is 11. The van der Waals surface area contributed by atoms with Crippen LogP contribution >= 0.6 is 0 Å². The molecule has 0 bridgehead atoms. The van der Waals surface area contributed by atoms with Gasteiger partial charge in [-0.05, 0) is 25.7 Å².